The van der Waals surface area contributed by atoms with E-state index in [1.165, 1.54) is 18.6 Å². The van der Waals surface area contributed by atoms with Crippen molar-refractivity contribution in [2.75, 3.05) is 5.32 Å². The zero-order chi connectivity index (χ0) is 18.6. The van der Waals surface area contributed by atoms with E-state index in [-0.39, 0.29) is 16.8 Å². The van der Waals surface area contributed by atoms with E-state index >= 15 is 0 Å². The number of amides is 1. The van der Waals surface area contributed by atoms with Gasteiger partial charge >= 0.3 is 0 Å². The molecular formula is C20H24N2O3S. The first kappa shape index (κ1) is 18.6. The van der Waals surface area contributed by atoms with E-state index in [4.69, 9.17) is 0 Å². The van der Waals surface area contributed by atoms with Crippen LogP contribution in [-0.2, 0) is 10.0 Å². The Morgan fingerprint density at radius 2 is 1.62 bits per heavy atom. The normalized spacial score (nSPS) is 15.6. The third kappa shape index (κ3) is 4.51. The van der Waals surface area contributed by atoms with Crippen molar-refractivity contribution in [1.29, 1.82) is 0 Å². The molecule has 1 aliphatic carbocycles. The molecule has 5 nitrogen and oxygen atoms in total. The fourth-order valence-electron chi connectivity index (χ4n) is 3.20. The predicted molar refractivity (Wildman–Crippen MR) is 103 cm³/mol. The van der Waals surface area contributed by atoms with Crippen LogP contribution in [0.15, 0.2) is 53.4 Å². The standard InChI is InChI=1S/C20H24N2O3S/c1-15-7-5-6-10-19(15)21-20(23)16-11-13-18(14-12-16)26(24,25)22-17-8-3-2-4-9-17/h5-7,10-14,17,22H,2-4,8-9H2,1H3,(H,21,23). The summed E-state index contributed by atoms with van der Waals surface area (Å²) < 4.78 is 27.8. The first-order chi connectivity index (χ1) is 12.5. The van der Waals surface area contributed by atoms with Crippen molar-refractivity contribution in [1.82, 2.24) is 4.72 Å². The lowest BCUT2D eigenvalue weighted by Gasteiger charge is -2.22. The van der Waals surface area contributed by atoms with Crippen molar-refractivity contribution in [3.05, 3.63) is 59.7 Å². The second kappa shape index (κ2) is 8.01. The number of hydrogen-bond donors (Lipinski definition) is 2. The lowest BCUT2D eigenvalue weighted by atomic mass is 9.96. The van der Waals surface area contributed by atoms with Gasteiger partial charge in [0.1, 0.15) is 0 Å². The summed E-state index contributed by atoms with van der Waals surface area (Å²) in [6.07, 6.45) is 5.06. The molecule has 0 spiro atoms. The number of hydrogen-bond acceptors (Lipinski definition) is 3. The van der Waals surface area contributed by atoms with Gasteiger partial charge in [-0.1, -0.05) is 37.5 Å². The number of benzene rings is 2. The number of carbonyl (C=O) groups is 1. The Hall–Kier alpha value is -2.18. The molecule has 0 aliphatic heterocycles. The summed E-state index contributed by atoms with van der Waals surface area (Å²) in [4.78, 5) is 12.6. The maximum absolute atomic E-state index is 12.5. The number of rotatable bonds is 5. The third-order valence-corrected chi connectivity index (χ3v) is 6.28. The van der Waals surface area contributed by atoms with E-state index < -0.39 is 10.0 Å². The predicted octanol–water partition coefficient (Wildman–Crippen LogP) is 3.86. The van der Waals surface area contributed by atoms with E-state index in [1.54, 1.807) is 12.1 Å². The first-order valence-corrected chi connectivity index (χ1v) is 10.4. The van der Waals surface area contributed by atoms with Gasteiger partial charge in [0.2, 0.25) is 10.0 Å². The highest BCUT2D eigenvalue weighted by atomic mass is 32.2. The molecule has 2 N–H and O–H groups in total. The zero-order valence-electron chi connectivity index (χ0n) is 14.9. The fraction of sp³-hybridized carbons (Fsp3) is 0.350. The SMILES string of the molecule is Cc1ccccc1NC(=O)c1ccc(S(=O)(=O)NC2CCCCC2)cc1. The molecule has 0 saturated heterocycles. The van der Waals surface area contributed by atoms with Crippen LogP contribution in [0.25, 0.3) is 0 Å². The summed E-state index contributed by atoms with van der Waals surface area (Å²) in [5.74, 6) is -0.261. The van der Waals surface area contributed by atoms with Crippen molar-refractivity contribution < 1.29 is 13.2 Å². The first-order valence-electron chi connectivity index (χ1n) is 8.95. The topological polar surface area (TPSA) is 75.3 Å². The van der Waals surface area contributed by atoms with Gasteiger partial charge in [0, 0.05) is 17.3 Å². The molecule has 3 rings (SSSR count). The number of sulfonamides is 1. The van der Waals surface area contributed by atoms with Crippen molar-refractivity contribution in [2.24, 2.45) is 0 Å². The van der Waals surface area contributed by atoms with Gasteiger partial charge in [-0.25, -0.2) is 13.1 Å². The lowest BCUT2D eigenvalue weighted by Crippen LogP contribution is -2.36. The number of aryl methyl sites for hydroxylation is 1. The zero-order valence-corrected chi connectivity index (χ0v) is 15.7. The summed E-state index contributed by atoms with van der Waals surface area (Å²) in [7, 11) is -3.55. The Bertz CT molecular complexity index is 870. The molecule has 0 unspecified atom stereocenters. The van der Waals surface area contributed by atoms with Crippen LogP contribution in [0.1, 0.15) is 48.0 Å². The quantitative estimate of drug-likeness (QED) is 0.837. The van der Waals surface area contributed by atoms with E-state index in [9.17, 15) is 13.2 Å². The molecule has 6 heteroatoms. The molecule has 26 heavy (non-hydrogen) atoms. The summed E-state index contributed by atoms with van der Waals surface area (Å²) in [6, 6.07) is 13.6. The minimum absolute atomic E-state index is 0.0118. The fourth-order valence-corrected chi connectivity index (χ4v) is 4.51. The Balaban J connectivity index is 1.69. The highest BCUT2D eigenvalue weighted by molar-refractivity contribution is 7.89. The van der Waals surface area contributed by atoms with Crippen LogP contribution in [0.4, 0.5) is 5.69 Å². The van der Waals surface area contributed by atoms with Gasteiger partial charge in [-0.15, -0.1) is 0 Å². The smallest absolute Gasteiger partial charge is 0.255 e. The monoisotopic (exact) mass is 372 g/mol. The minimum Gasteiger partial charge on any atom is -0.322 e. The highest BCUT2D eigenvalue weighted by Gasteiger charge is 2.22. The van der Waals surface area contributed by atoms with Gasteiger partial charge < -0.3 is 5.32 Å². The van der Waals surface area contributed by atoms with Crippen molar-refractivity contribution >= 4 is 21.6 Å². The van der Waals surface area contributed by atoms with Crippen LogP contribution >= 0.6 is 0 Å². The number of anilines is 1. The van der Waals surface area contributed by atoms with Crippen LogP contribution in [0.5, 0.6) is 0 Å². The van der Waals surface area contributed by atoms with Crippen molar-refractivity contribution in [3.8, 4) is 0 Å². The Kier molecular flexibility index (Phi) is 5.74. The molecule has 2 aromatic carbocycles. The maximum Gasteiger partial charge on any atom is 0.255 e. The number of nitrogens with one attached hydrogen (secondary N) is 2. The third-order valence-electron chi connectivity index (χ3n) is 4.75. The van der Waals surface area contributed by atoms with Gasteiger partial charge in [-0.05, 0) is 55.7 Å². The van der Waals surface area contributed by atoms with Gasteiger partial charge in [0.15, 0.2) is 0 Å². The average molecular weight is 372 g/mol. The van der Waals surface area contributed by atoms with Crippen molar-refractivity contribution in [2.45, 2.75) is 50.0 Å². The van der Waals surface area contributed by atoms with Crippen LogP contribution in [0.3, 0.4) is 0 Å². The number of para-hydroxylation sites is 1. The summed E-state index contributed by atoms with van der Waals surface area (Å²) in [5.41, 5.74) is 2.13. The van der Waals surface area contributed by atoms with Crippen LogP contribution in [-0.4, -0.2) is 20.4 Å². The average Bonchev–Trinajstić information content (AvgIpc) is 2.64. The lowest BCUT2D eigenvalue weighted by molar-refractivity contribution is 0.102. The van der Waals surface area contributed by atoms with Crippen LogP contribution in [0.2, 0.25) is 0 Å². The molecule has 0 radical (unpaired) electrons. The second-order valence-corrected chi connectivity index (χ2v) is 8.46. The minimum atomic E-state index is -3.55. The van der Waals surface area contributed by atoms with Crippen molar-refractivity contribution in [3.63, 3.8) is 0 Å². The van der Waals surface area contributed by atoms with E-state index in [1.807, 2.05) is 31.2 Å². The van der Waals surface area contributed by atoms with Gasteiger partial charge in [-0.2, -0.15) is 0 Å². The second-order valence-electron chi connectivity index (χ2n) is 6.75. The molecule has 1 aliphatic rings. The molecule has 1 saturated carbocycles. The van der Waals surface area contributed by atoms with E-state index in [0.29, 0.717) is 5.56 Å². The number of carbonyl (C=O) groups excluding carboxylic acids is 1. The Labute approximate surface area is 154 Å². The highest BCUT2D eigenvalue weighted by Crippen LogP contribution is 2.20. The van der Waals surface area contributed by atoms with Crippen LogP contribution < -0.4 is 10.0 Å². The summed E-state index contributed by atoms with van der Waals surface area (Å²) in [5, 5.41) is 2.85. The van der Waals surface area contributed by atoms with Gasteiger partial charge in [-0.3, -0.25) is 4.79 Å². The molecule has 1 fully saturated rings. The largest absolute Gasteiger partial charge is 0.322 e. The molecule has 0 aromatic heterocycles. The molecule has 0 heterocycles. The summed E-state index contributed by atoms with van der Waals surface area (Å²) in [6.45, 7) is 1.92. The molecule has 1 amide bonds. The molecule has 0 atom stereocenters. The van der Waals surface area contributed by atoms with E-state index in [2.05, 4.69) is 10.0 Å². The molecular weight excluding hydrogens is 348 g/mol. The Morgan fingerprint density at radius 3 is 2.27 bits per heavy atom. The molecule has 0 bridgehead atoms. The van der Waals surface area contributed by atoms with Crippen LogP contribution in [0, 0.1) is 6.92 Å². The van der Waals surface area contributed by atoms with E-state index in [0.717, 1.165) is 36.9 Å². The summed E-state index contributed by atoms with van der Waals surface area (Å²) >= 11 is 0. The molecule has 138 valence electrons. The Morgan fingerprint density at radius 1 is 0.962 bits per heavy atom. The van der Waals surface area contributed by atoms with Gasteiger partial charge in [0.05, 0.1) is 4.90 Å². The molecule has 2 aromatic rings. The van der Waals surface area contributed by atoms with Gasteiger partial charge in [0.25, 0.3) is 5.91 Å². The maximum atomic E-state index is 12.5.